The molecule has 47 heavy (non-hydrogen) atoms. The Morgan fingerprint density at radius 3 is 1.89 bits per heavy atom. The first-order chi connectivity index (χ1) is 23.0. The summed E-state index contributed by atoms with van der Waals surface area (Å²) in [5.74, 6) is 0. The largest absolute Gasteiger partial charge is 0.309 e. The molecule has 3 heteroatoms. The molecule has 6 aromatic carbocycles. The summed E-state index contributed by atoms with van der Waals surface area (Å²) in [6.45, 7) is 6.66. The number of thiophene rings is 1. The molecule has 0 amide bonds. The number of pyridine rings is 1. The van der Waals surface area contributed by atoms with Crippen LogP contribution in [0.25, 0.3) is 81.2 Å². The molecule has 0 N–H and O–H groups in total. The number of hydrogen-bond donors (Lipinski definition) is 0. The van der Waals surface area contributed by atoms with Gasteiger partial charge in [-0.15, -0.1) is 11.3 Å². The SMILES string of the molecule is Cc1cc(C)c(-c2cc(-c3cccc(-c4cccc(-n5c6ccccc6c6ccccc65)c4)c3)cc3c2sc2cccnc23)c(C)c1. The van der Waals surface area contributed by atoms with Crippen LogP contribution in [-0.4, -0.2) is 9.55 Å². The van der Waals surface area contributed by atoms with Gasteiger partial charge < -0.3 is 4.57 Å². The van der Waals surface area contributed by atoms with E-state index in [1.807, 2.05) is 23.6 Å². The number of benzene rings is 6. The first-order valence-electron chi connectivity index (χ1n) is 16.1. The molecular formula is C44H32N2S. The molecule has 9 rings (SSSR count). The van der Waals surface area contributed by atoms with Gasteiger partial charge in [-0.05, 0) is 114 Å². The van der Waals surface area contributed by atoms with Crippen LogP contribution in [0.5, 0.6) is 0 Å². The summed E-state index contributed by atoms with van der Waals surface area (Å²) >= 11 is 1.85. The lowest BCUT2D eigenvalue weighted by Gasteiger charge is -2.15. The molecule has 3 aromatic heterocycles. The number of para-hydroxylation sites is 2. The molecule has 0 radical (unpaired) electrons. The molecule has 2 nitrogen and oxygen atoms in total. The van der Waals surface area contributed by atoms with E-state index in [1.165, 1.54) is 86.7 Å². The Balaban J connectivity index is 1.22. The van der Waals surface area contributed by atoms with Gasteiger partial charge in [0.05, 0.1) is 21.3 Å². The zero-order chi connectivity index (χ0) is 31.6. The number of hydrogen-bond acceptors (Lipinski definition) is 2. The lowest BCUT2D eigenvalue weighted by atomic mass is 9.90. The smallest absolute Gasteiger partial charge is 0.0888 e. The molecule has 0 saturated carbocycles. The molecule has 0 atom stereocenters. The normalized spacial score (nSPS) is 11.7. The summed E-state index contributed by atoms with van der Waals surface area (Å²) in [6, 6.07) is 48.9. The van der Waals surface area contributed by atoms with Crippen molar-refractivity contribution >= 4 is 53.4 Å². The van der Waals surface area contributed by atoms with Crippen LogP contribution in [0.3, 0.4) is 0 Å². The molecule has 0 aliphatic rings. The maximum atomic E-state index is 4.85. The average Bonchev–Trinajstić information content (AvgIpc) is 3.64. The Bertz CT molecular complexity index is 2600. The molecule has 0 aliphatic carbocycles. The van der Waals surface area contributed by atoms with Crippen LogP contribution in [0.4, 0.5) is 0 Å². The van der Waals surface area contributed by atoms with Crippen LogP contribution in [0.15, 0.2) is 140 Å². The molecule has 3 heterocycles. The zero-order valence-electron chi connectivity index (χ0n) is 26.6. The number of fused-ring (bicyclic) bond motifs is 6. The number of aryl methyl sites for hydroxylation is 3. The second kappa shape index (κ2) is 10.8. The van der Waals surface area contributed by atoms with Crippen molar-refractivity contribution in [1.82, 2.24) is 9.55 Å². The van der Waals surface area contributed by atoms with Crippen LogP contribution >= 0.6 is 11.3 Å². The third kappa shape index (κ3) is 4.50. The van der Waals surface area contributed by atoms with E-state index in [1.54, 1.807) is 0 Å². The standard InChI is InChI=1S/C44H32N2S/c1-27-21-28(2)42(29(3)22-27)37-25-33(26-38-43-41(47-44(37)38)19-10-20-45-43)31-12-8-11-30(23-31)32-13-9-14-34(24-32)46-39-17-6-4-15-35(39)36-16-5-7-18-40(36)46/h4-26H,1-3H3. The van der Waals surface area contributed by atoms with Crippen molar-refractivity contribution in [2.24, 2.45) is 0 Å². The van der Waals surface area contributed by atoms with E-state index < -0.39 is 0 Å². The Morgan fingerprint density at radius 2 is 1.17 bits per heavy atom. The Kier molecular flexibility index (Phi) is 6.38. The third-order valence-electron chi connectivity index (χ3n) is 9.49. The van der Waals surface area contributed by atoms with Crippen LogP contribution in [-0.2, 0) is 0 Å². The third-order valence-corrected chi connectivity index (χ3v) is 10.7. The molecule has 224 valence electrons. The molecular weight excluding hydrogens is 589 g/mol. The number of aromatic nitrogens is 2. The highest BCUT2D eigenvalue weighted by Crippen LogP contribution is 2.44. The minimum absolute atomic E-state index is 1.08. The summed E-state index contributed by atoms with van der Waals surface area (Å²) in [5.41, 5.74) is 16.0. The van der Waals surface area contributed by atoms with Crippen molar-refractivity contribution in [3.05, 3.63) is 156 Å². The van der Waals surface area contributed by atoms with Crippen molar-refractivity contribution in [3.63, 3.8) is 0 Å². The average molecular weight is 621 g/mol. The fourth-order valence-corrected chi connectivity index (χ4v) is 8.72. The van der Waals surface area contributed by atoms with Crippen molar-refractivity contribution in [2.45, 2.75) is 20.8 Å². The predicted octanol–water partition coefficient (Wildman–Crippen LogP) is 12.5. The topological polar surface area (TPSA) is 17.8 Å². The van der Waals surface area contributed by atoms with Crippen LogP contribution in [0.1, 0.15) is 16.7 Å². The Labute approximate surface area is 278 Å². The molecule has 0 bridgehead atoms. The number of rotatable bonds is 4. The van der Waals surface area contributed by atoms with Gasteiger partial charge in [-0.1, -0.05) is 84.4 Å². The molecule has 9 aromatic rings. The maximum Gasteiger partial charge on any atom is 0.0888 e. The summed E-state index contributed by atoms with van der Waals surface area (Å²) in [4.78, 5) is 4.85. The van der Waals surface area contributed by atoms with Crippen molar-refractivity contribution < 1.29 is 0 Å². The quantitative estimate of drug-likeness (QED) is 0.191. The minimum atomic E-state index is 1.08. The zero-order valence-corrected chi connectivity index (χ0v) is 27.4. The fraction of sp³-hybridized carbons (Fsp3) is 0.0682. The van der Waals surface area contributed by atoms with Gasteiger partial charge >= 0.3 is 0 Å². The van der Waals surface area contributed by atoms with E-state index in [0.29, 0.717) is 0 Å². The summed E-state index contributed by atoms with van der Waals surface area (Å²) < 4.78 is 4.91. The second-order valence-corrected chi connectivity index (χ2v) is 13.7. The highest BCUT2D eigenvalue weighted by molar-refractivity contribution is 7.26. The number of nitrogens with zero attached hydrogens (tertiary/aromatic N) is 2. The first-order valence-corrected chi connectivity index (χ1v) is 16.9. The van der Waals surface area contributed by atoms with E-state index >= 15 is 0 Å². The van der Waals surface area contributed by atoms with Gasteiger partial charge in [0.1, 0.15) is 0 Å². The Morgan fingerprint density at radius 1 is 0.532 bits per heavy atom. The van der Waals surface area contributed by atoms with Crippen molar-refractivity contribution in [2.75, 3.05) is 0 Å². The second-order valence-electron chi connectivity index (χ2n) is 12.6. The lowest BCUT2D eigenvalue weighted by Crippen LogP contribution is -1.94. The van der Waals surface area contributed by atoms with E-state index in [4.69, 9.17) is 4.98 Å². The van der Waals surface area contributed by atoms with Crippen LogP contribution < -0.4 is 0 Å². The minimum Gasteiger partial charge on any atom is -0.309 e. The van der Waals surface area contributed by atoms with E-state index in [9.17, 15) is 0 Å². The van der Waals surface area contributed by atoms with Gasteiger partial charge in [-0.2, -0.15) is 0 Å². The van der Waals surface area contributed by atoms with Gasteiger partial charge in [0.2, 0.25) is 0 Å². The summed E-state index contributed by atoms with van der Waals surface area (Å²) in [6.07, 6.45) is 1.91. The maximum absolute atomic E-state index is 4.85. The molecule has 0 unspecified atom stereocenters. The highest BCUT2D eigenvalue weighted by atomic mass is 32.1. The van der Waals surface area contributed by atoms with Gasteiger partial charge in [-0.3, -0.25) is 4.98 Å². The van der Waals surface area contributed by atoms with E-state index in [-0.39, 0.29) is 0 Å². The van der Waals surface area contributed by atoms with Gasteiger partial charge in [0, 0.05) is 38.3 Å². The predicted molar refractivity (Wildman–Crippen MR) is 202 cm³/mol. The van der Waals surface area contributed by atoms with Gasteiger partial charge in [0.25, 0.3) is 0 Å². The van der Waals surface area contributed by atoms with E-state index in [2.05, 4.69) is 153 Å². The van der Waals surface area contributed by atoms with E-state index in [0.717, 1.165) is 11.2 Å². The molecule has 0 spiro atoms. The van der Waals surface area contributed by atoms with Crippen molar-refractivity contribution in [1.29, 1.82) is 0 Å². The van der Waals surface area contributed by atoms with Gasteiger partial charge in [-0.25, -0.2) is 0 Å². The molecule has 0 saturated heterocycles. The van der Waals surface area contributed by atoms with Gasteiger partial charge in [0.15, 0.2) is 0 Å². The highest BCUT2D eigenvalue weighted by Gasteiger charge is 2.18. The summed E-state index contributed by atoms with van der Waals surface area (Å²) in [7, 11) is 0. The fourth-order valence-electron chi connectivity index (χ4n) is 7.56. The molecule has 0 fully saturated rings. The molecule has 0 aliphatic heterocycles. The first kappa shape index (κ1) is 27.8. The Hall–Kier alpha value is -5.51. The van der Waals surface area contributed by atoms with Crippen molar-refractivity contribution in [3.8, 4) is 39.1 Å². The lowest BCUT2D eigenvalue weighted by molar-refractivity contribution is 1.18. The summed E-state index contributed by atoms with van der Waals surface area (Å²) in [5, 5.41) is 3.77. The van der Waals surface area contributed by atoms with Crippen LogP contribution in [0.2, 0.25) is 0 Å². The monoisotopic (exact) mass is 620 g/mol. The van der Waals surface area contributed by atoms with Crippen LogP contribution in [0, 0.1) is 20.8 Å².